The molecule has 2 aromatic rings. The first-order valence-corrected chi connectivity index (χ1v) is 11.7. The minimum Gasteiger partial charge on any atom is -0.472 e. The van der Waals surface area contributed by atoms with Crippen molar-refractivity contribution in [3.05, 3.63) is 40.7 Å². The summed E-state index contributed by atoms with van der Waals surface area (Å²) in [5.41, 5.74) is 2.66. The van der Waals surface area contributed by atoms with Crippen LogP contribution in [0, 0.1) is 13.8 Å². The minimum atomic E-state index is -0.750. The lowest BCUT2D eigenvalue weighted by Crippen LogP contribution is -2.40. The smallest absolute Gasteiger partial charge is 0.410 e. The van der Waals surface area contributed by atoms with Crippen LogP contribution in [0.4, 0.5) is 16.3 Å². The van der Waals surface area contributed by atoms with Crippen LogP contribution in [0.1, 0.15) is 44.2 Å². The van der Waals surface area contributed by atoms with Crippen molar-refractivity contribution in [1.82, 2.24) is 14.9 Å². The lowest BCUT2D eigenvalue weighted by atomic mass is 9.98. The Kier molecular flexibility index (Phi) is 8.25. The number of aryl methyl sites for hydroxylation is 1. The molecule has 1 amide bonds. The van der Waals surface area contributed by atoms with Gasteiger partial charge in [0.2, 0.25) is 5.88 Å². The molecule has 1 aromatic heterocycles. The number of hydrogen-bond donors (Lipinski definition) is 1. The van der Waals surface area contributed by atoms with Crippen LogP contribution in [-0.4, -0.2) is 53.7 Å². The van der Waals surface area contributed by atoms with Gasteiger partial charge in [-0.25, -0.2) is 14.8 Å². The molecule has 2 fully saturated rings. The summed E-state index contributed by atoms with van der Waals surface area (Å²) >= 11 is 5.60. The molecule has 4 rings (SSSR count). The molecule has 2 bridgehead atoms. The molecule has 2 saturated heterocycles. The molecule has 1 N–H and O–H groups in total. The fourth-order valence-electron chi connectivity index (χ4n) is 4.28. The van der Waals surface area contributed by atoms with Gasteiger partial charge in [0.15, 0.2) is 0 Å². The van der Waals surface area contributed by atoms with Crippen LogP contribution in [0.2, 0.25) is 5.02 Å². The summed E-state index contributed by atoms with van der Waals surface area (Å²) in [6, 6.07) is 5.99. The maximum atomic E-state index is 12.5. The van der Waals surface area contributed by atoms with E-state index >= 15 is 0 Å². The quantitative estimate of drug-likeness (QED) is 0.653. The van der Waals surface area contributed by atoms with E-state index < -0.39 is 11.6 Å². The van der Waals surface area contributed by atoms with Gasteiger partial charge in [-0.2, -0.15) is 8.42 Å². The number of carbonyl (C=O) groups excluding carboxylic acids is 1. The second-order valence-corrected chi connectivity index (χ2v) is 8.90. The number of carbonyl (C=O) groups is 1. The Morgan fingerprint density at radius 3 is 2.64 bits per heavy atom. The van der Waals surface area contributed by atoms with E-state index in [1.807, 2.05) is 50.8 Å². The van der Waals surface area contributed by atoms with Gasteiger partial charge >= 0.3 is 17.7 Å². The van der Waals surface area contributed by atoms with Crippen LogP contribution < -0.4 is 10.1 Å². The van der Waals surface area contributed by atoms with Crippen molar-refractivity contribution in [2.75, 3.05) is 5.32 Å². The number of aromatic nitrogens is 2. The van der Waals surface area contributed by atoms with Gasteiger partial charge in [-0.05, 0) is 58.2 Å². The number of hydrogen-bond acceptors (Lipinski definition) is 8. The molecule has 0 radical (unpaired) electrons. The summed E-state index contributed by atoms with van der Waals surface area (Å²) in [6.07, 6.45) is 3.67. The Bertz CT molecular complexity index is 1050. The molecule has 2 unspecified atom stereocenters. The van der Waals surface area contributed by atoms with Crippen LogP contribution in [0.15, 0.2) is 24.5 Å². The zero-order chi connectivity index (χ0) is 24.1. The highest BCUT2D eigenvalue weighted by Gasteiger charge is 2.51. The number of halogens is 1. The maximum absolute atomic E-state index is 12.5. The summed E-state index contributed by atoms with van der Waals surface area (Å²) < 4.78 is 28.3. The standard InChI is InChI=1S/C22H27ClN4O3.O2S/c1-12(2)29-22(28)27-15-6-8-18(27)19(10-15)30-21-14(4)20(24-11-25-21)26-17-7-5-13(3)9-16(17)23;1-3-2/h5,7,9,11-12,15,18-19H,6,8,10H2,1-4H3,(H,24,25,26);/t15?,18?,19-;/m0./s1. The zero-order valence-corrected chi connectivity index (χ0v) is 20.5. The summed E-state index contributed by atoms with van der Waals surface area (Å²) in [4.78, 5) is 23.0. The van der Waals surface area contributed by atoms with Crippen molar-refractivity contribution < 1.29 is 22.7 Å². The van der Waals surface area contributed by atoms with E-state index in [0.29, 0.717) is 16.7 Å². The highest BCUT2D eigenvalue weighted by atomic mass is 35.5. The van der Waals surface area contributed by atoms with Crippen molar-refractivity contribution in [2.24, 2.45) is 0 Å². The Morgan fingerprint density at radius 2 is 1.97 bits per heavy atom. The van der Waals surface area contributed by atoms with Crippen molar-refractivity contribution in [3.8, 4) is 5.88 Å². The molecule has 11 heteroatoms. The molecule has 0 aliphatic carbocycles. The van der Waals surface area contributed by atoms with Crippen LogP contribution in [-0.2, 0) is 16.3 Å². The first-order chi connectivity index (χ1) is 15.7. The molecule has 2 aliphatic rings. The second-order valence-electron chi connectivity index (χ2n) is 8.36. The van der Waals surface area contributed by atoms with Gasteiger partial charge in [-0.1, -0.05) is 17.7 Å². The number of rotatable bonds is 5. The summed E-state index contributed by atoms with van der Waals surface area (Å²) in [7, 11) is 0. The number of amides is 1. The number of anilines is 2. The van der Waals surface area contributed by atoms with E-state index in [1.54, 1.807) is 0 Å². The highest BCUT2D eigenvalue weighted by Crippen LogP contribution is 2.41. The number of benzene rings is 1. The highest BCUT2D eigenvalue weighted by molar-refractivity contribution is 7.51. The fourth-order valence-corrected chi connectivity index (χ4v) is 4.56. The molecular weight excluding hydrogens is 468 g/mol. The van der Waals surface area contributed by atoms with Crippen LogP contribution in [0.3, 0.4) is 0 Å². The predicted molar refractivity (Wildman–Crippen MR) is 124 cm³/mol. The Labute approximate surface area is 201 Å². The largest absolute Gasteiger partial charge is 0.472 e. The molecule has 0 saturated carbocycles. The number of fused-ring (bicyclic) bond motifs is 2. The first-order valence-electron chi connectivity index (χ1n) is 10.7. The second kappa shape index (κ2) is 10.9. The molecule has 1 aromatic carbocycles. The third-order valence-corrected chi connectivity index (χ3v) is 6.02. The number of ether oxygens (including phenoxy) is 2. The van der Waals surface area contributed by atoms with Crippen LogP contribution in [0.25, 0.3) is 0 Å². The molecular formula is C22H27ClN4O5S. The lowest BCUT2D eigenvalue weighted by molar-refractivity contribution is 0.0641. The van der Waals surface area contributed by atoms with E-state index in [4.69, 9.17) is 29.5 Å². The van der Waals surface area contributed by atoms with Gasteiger partial charge in [0.25, 0.3) is 0 Å². The first kappa shape index (κ1) is 24.9. The molecule has 33 heavy (non-hydrogen) atoms. The number of nitrogens with zero attached hydrogens (tertiary/aromatic N) is 3. The van der Waals surface area contributed by atoms with Gasteiger partial charge in [0.1, 0.15) is 18.2 Å². The van der Waals surface area contributed by atoms with Crippen LogP contribution >= 0.6 is 11.6 Å². The number of nitrogens with one attached hydrogen (secondary N) is 1. The minimum absolute atomic E-state index is 0.0126. The summed E-state index contributed by atoms with van der Waals surface area (Å²) in [5.74, 6) is 1.16. The third-order valence-electron chi connectivity index (χ3n) is 5.71. The summed E-state index contributed by atoms with van der Waals surface area (Å²) in [6.45, 7) is 7.64. The van der Waals surface area contributed by atoms with Crippen molar-refractivity contribution in [2.45, 2.75) is 71.2 Å². The third kappa shape index (κ3) is 5.80. The normalized spacial score (nSPS) is 20.8. The van der Waals surface area contributed by atoms with E-state index in [1.165, 1.54) is 6.33 Å². The topological polar surface area (TPSA) is 111 Å². The average molecular weight is 495 g/mol. The SMILES string of the molecule is Cc1ccc(Nc2ncnc(O[C@H]3CC4CCC3N4C(=O)OC(C)C)c2C)c(Cl)c1.O=S=O. The molecule has 9 nitrogen and oxygen atoms in total. The van der Waals surface area contributed by atoms with Gasteiger partial charge in [-0.15, -0.1) is 0 Å². The Morgan fingerprint density at radius 1 is 1.24 bits per heavy atom. The van der Waals surface area contributed by atoms with Gasteiger partial charge in [0.05, 0.1) is 28.4 Å². The van der Waals surface area contributed by atoms with Crippen molar-refractivity contribution in [3.63, 3.8) is 0 Å². The van der Waals surface area contributed by atoms with Crippen LogP contribution in [0.5, 0.6) is 5.88 Å². The summed E-state index contributed by atoms with van der Waals surface area (Å²) in [5, 5.41) is 3.90. The Balaban J connectivity index is 0.000000968. The van der Waals surface area contributed by atoms with Crippen molar-refractivity contribution in [1.29, 1.82) is 0 Å². The fraction of sp³-hybridized carbons (Fsp3) is 0.500. The van der Waals surface area contributed by atoms with E-state index in [0.717, 1.165) is 36.1 Å². The van der Waals surface area contributed by atoms with Crippen molar-refractivity contribution >= 4 is 40.8 Å². The molecule has 0 spiro atoms. The van der Waals surface area contributed by atoms with E-state index in [-0.39, 0.29) is 30.4 Å². The zero-order valence-electron chi connectivity index (χ0n) is 18.9. The monoisotopic (exact) mass is 494 g/mol. The lowest BCUT2D eigenvalue weighted by Gasteiger charge is -2.25. The van der Waals surface area contributed by atoms with Gasteiger partial charge in [0, 0.05) is 12.5 Å². The molecule has 3 heterocycles. The average Bonchev–Trinajstić information content (AvgIpc) is 3.31. The van der Waals surface area contributed by atoms with Gasteiger partial charge in [-0.3, -0.25) is 4.90 Å². The molecule has 3 atom stereocenters. The molecule has 178 valence electrons. The van der Waals surface area contributed by atoms with E-state index in [9.17, 15) is 4.79 Å². The predicted octanol–water partition coefficient (Wildman–Crippen LogP) is 4.35. The maximum Gasteiger partial charge on any atom is 0.410 e. The molecule has 2 aliphatic heterocycles. The Hall–Kier alpha value is -2.72. The van der Waals surface area contributed by atoms with E-state index in [2.05, 4.69) is 15.3 Å². The van der Waals surface area contributed by atoms with Gasteiger partial charge < -0.3 is 14.8 Å².